The predicted octanol–water partition coefficient (Wildman–Crippen LogP) is 1.88. The van der Waals surface area contributed by atoms with Crippen LogP contribution < -0.4 is 10.5 Å². The fraction of sp³-hybridized carbons (Fsp3) is 0.529. The van der Waals surface area contributed by atoms with E-state index < -0.39 is 6.10 Å². The SMILES string of the molecule is CC[C@H](Oc1ccc(C)cc1)C(=O)N1CCC(C(N)=O)CC1. The van der Waals surface area contributed by atoms with Crippen molar-refractivity contribution in [1.82, 2.24) is 4.90 Å². The van der Waals surface area contributed by atoms with Crippen molar-refractivity contribution >= 4 is 11.8 Å². The molecule has 2 rings (SSSR count). The molecule has 1 fully saturated rings. The van der Waals surface area contributed by atoms with Crippen LogP contribution in [0.2, 0.25) is 0 Å². The first-order valence-electron chi connectivity index (χ1n) is 7.82. The molecule has 0 saturated carbocycles. The summed E-state index contributed by atoms with van der Waals surface area (Å²) in [6.07, 6.45) is 1.42. The maximum absolute atomic E-state index is 12.6. The largest absolute Gasteiger partial charge is 0.481 e. The maximum atomic E-state index is 12.6. The number of ether oxygens (including phenoxy) is 1. The summed E-state index contributed by atoms with van der Waals surface area (Å²) in [4.78, 5) is 25.5. The number of amides is 2. The molecule has 0 spiro atoms. The zero-order chi connectivity index (χ0) is 16.1. The van der Waals surface area contributed by atoms with Crippen LogP contribution in [0.25, 0.3) is 0 Å². The van der Waals surface area contributed by atoms with Crippen LogP contribution in [-0.4, -0.2) is 35.9 Å². The first-order chi connectivity index (χ1) is 10.5. The number of carbonyl (C=O) groups is 2. The number of benzene rings is 1. The highest BCUT2D eigenvalue weighted by Crippen LogP contribution is 2.20. The minimum atomic E-state index is -0.479. The summed E-state index contributed by atoms with van der Waals surface area (Å²) in [6, 6.07) is 7.69. The van der Waals surface area contributed by atoms with E-state index in [1.807, 2.05) is 38.1 Å². The van der Waals surface area contributed by atoms with Gasteiger partial charge in [-0.1, -0.05) is 24.6 Å². The molecule has 5 nitrogen and oxygen atoms in total. The molecule has 1 aromatic carbocycles. The number of piperidine rings is 1. The van der Waals surface area contributed by atoms with Crippen molar-refractivity contribution in [3.63, 3.8) is 0 Å². The van der Waals surface area contributed by atoms with E-state index in [2.05, 4.69) is 0 Å². The van der Waals surface area contributed by atoms with Crippen LogP contribution in [0, 0.1) is 12.8 Å². The van der Waals surface area contributed by atoms with Gasteiger partial charge in [-0.05, 0) is 38.3 Å². The van der Waals surface area contributed by atoms with Gasteiger partial charge in [0, 0.05) is 19.0 Å². The molecule has 120 valence electrons. The van der Waals surface area contributed by atoms with Crippen molar-refractivity contribution in [1.29, 1.82) is 0 Å². The maximum Gasteiger partial charge on any atom is 0.263 e. The monoisotopic (exact) mass is 304 g/mol. The van der Waals surface area contributed by atoms with Gasteiger partial charge in [0.25, 0.3) is 5.91 Å². The highest BCUT2D eigenvalue weighted by atomic mass is 16.5. The van der Waals surface area contributed by atoms with E-state index in [1.54, 1.807) is 4.90 Å². The van der Waals surface area contributed by atoms with Crippen LogP contribution in [0.15, 0.2) is 24.3 Å². The molecule has 1 atom stereocenters. The Morgan fingerprint density at radius 3 is 2.36 bits per heavy atom. The molecule has 2 N–H and O–H groups in total. The van der Waals surface area contributed by atoms with Gasteiger partial charge in [-0.15, -0.1) is 0 Å². The first-order valence-corrected chi connectivity index (χ1v) is 7.82. The van der Waals surface area contributed by atoms with E-state index in [-0.39, 0.29) is 17.7 Å². The Morgan fingerprint density at radius 1 is 1.27 bits per heavy atom. The second-order valence-corrected chi connectivity index (χ2v) is 5.83. The lowest BCUT2D eigenvalue weighted by Crippen LogP contribution is -2.47. The van der Waals surface area contributed by atoms with E-state index in [4.69, 9.17) is 10.5 Å². The number of likely N-dealkylation sites (tertiary alicyclic amines) is 1. The Balaban J connectivity index is 1.94. The molecule has 0 unspecified atom stereocenters. The minimum absolute atomic E-state index is 0.00834. The lowest BCUT2D eigenvalue weighted by molar-refractivity contribution is -0.141. The van der Waals surface area contributed by atoms with Crippen LogP contribution in [0.5, 0.6) is 5.75 Å². The molecular formula is C17H24N2O3. The van der Waals surface area contributed by atoms with Gasteiger partial charge >= 0.3 is 0 Å². The quantitative estimate of drug-likeness (QED) is 0.902. The average Bonchev–Trinajstić information content (AvgIpc) is 2.53. The molecule has 1 aromatic rings. The zero-order valence-corrected chi connectivity index (χ0v) is 13.2. The van der Waals surface area contributed by atoms with Crippen molar-refractivity contribution in [2.75, 3.05) is 13.1 Å². The smallest absolute Gasteiger partial charge is 0.263 e. The third kappa shape index (κ3) is 4.00. The first kappa shape index (κ1) is 16.3. The van der Waals surface area contributed by atoms with Crippen LogP contribution in [-0.2, 0) is 9.59 Å². The molecule has 1 aliphatic rings. The van der Waals surface area contributed by atoms with Crippen molar-refractivity contribution in [2.24, 2.45) is 11.7 Å². The Bertz CT molecular complexity index is 519. The number of aryl methyl sites for hydroxylation is 1. The highest BCUT2D eigenvalue weighted by molar-refractivity contribution is 5.82. The summed E-state index contributed by atoms with van der Waals surface area (Å²) in [7, 11) is 0. The average molecular weight is 304 g/mol. The van der Waals surface area contributed by atoms with Crippen molar-refractivity contribution in [2.45, 2.75) is 39.2 Å². The summed E-state index contributed by atoms with van der Waals surface area (Å²) in [5.74, 6) is 0.320. The Morgan fingerprint density at radius 2 is 1.86 bits per heavy atom. The van der Waals surface area contributed by atoms with Crippen LogP contribution >= 0.6 is 0 Å². The molecule has 1 saturated heterocycles. The standard InChI is InChI=1S/C17H24N2O3/c1-3-15(22-14-6-4-12(2)5-7-14)17(21)19-10-8-13(9-11-19)16(18)20/h4-7,13,15H,3,8-11H2,1-2H3,(H2,18,20)/t15-/m0/s1. The number of nitrogens with zero attached hydrogens (tertiary/aromatic N) is 1. The van der Waals surface area contributed by atoms with E-state index in [9.17, 15) is 9.59 Å². The predicted molar refractivity (Wildman–Crippen MR) is 84.4 cm³/mol. The molecule has 0 aromatic heterocycles. The summed E-state index contributed by atoms with van der Waals surface area (Å²) in [6.45, 7) is 5.09. The molecular weight excluding hydrogens is 280 g/mol. The van der Waals surface area contributed by atoms with Crippen molar-refractivity contribution in [3.8, 4) is 5.75 Å². The van der Waals surface area contributed by atoms with Crippen molar-refractivity contribution in [3.05, 3.63) is 29.8 Å². The van der Waals surface area contributed by atoms with Gasteiger partial charge in [-0.3, -0.25) is 9.59 Å². The Labute approximate surface area is 131 Å². The van der Waals surface area contributed by atoms with Crippen LogP contribution in [0.4, 0.5) is 0 Å². The van der Waals surface area contributed by atoms with Crippen LogP contribution in [0.3, 0.4) is 0 Å². The van der Waals surface area contributed by atoms with Gasteiger partial charge in [-0.25, -0.2) is 0 Å². The lowest BCUT2D eigenvalue weighted by atomic mass is 9.96. The van der Waals surface area contributed by atoms with E-state index >= 15 is 0 Å². The third-order valence-electron chi connectivity index (χ3n) is 4.15. The number of carbonyl (C=O) groups excluding carboxylic acids is 2. The molecule has 1 heterocycles. The lowest BCUT2D eigenvalue weighted by Gasteiger charge is -2.33. The second-order valence-electron chi connectivity index (χ2n) is 5.83. The number of rotatable bonds is 5. The van der Waals surface area contributed by atoms with Gasteiger partial charge in [0.1, 0.15) is 5.75 Å². The topological polar surface area (TPSA) is 72.6 Å². The fourth-order valence-corrected chi connectivity index (χ4v) is 2.68. The molecule has 0 aliphatic carbocycles. The molecule has 2 amide bonds. The van der Waals surface area contributed by atoms with Gasteiger partial charge in [0.15, 0.2) is 6.10 Å². The van der Waals surface area contributed by atoms with Gasteiger partial charge in [0.2, 0.25) is 5.91 Å². The second kappa shape index (κ2) is 7.29. The third-order valence-corrected chi connectivity index (χ3v) is 4.15. The van der Waals surface area contributed by atoms with E-state index in [0.29, 0.717) is 38.1 Å². The summed E-state index contributed by atoms with van der Waals surface area (Å²) < 4.78 is 5.83. The number of hydrogen-bond donors (Lipinski definition) is 1. The summed E-state index contributed by atoms with van der Waals surface area (Å²) in [5, 5.41) is 0. The Hall–Kier alpha value is -2.04. The van der Waals surface area contributed by atoms with E-state index in [0.717, 1.165) is 5.56 Å². The van der Waals surface area contributed by atoms with Gasteiger partial charge < -0.3 is 15.4 Å². The summed E-state index contributed by atoms with van der Waals surface area (Å²) in [5.41, 5.74) is 6.47. The van der Waals surface area contributed by atoms with Crippen LogP contribution in [0.1, 0.15) is 31.7 Å². The molecule has 22 heavy (non-hydrogen) atoms. The minimum Gasteiger partial charge on any atom is -0.481 e. The molecule has 5 heteroatoms. The summed E-state index contributed by atoms with van der Waals surface area (Å²) >= 11 is 0. The number of primary amides is 1. The zero-order valence-electron chi connectivity index (χ0n) is 13.2. The molecule has 0 radical (unpaired) electrons. The normalized spacial score (nSPS) is 17.1. The number of hydrogen-bond acceptors (Lipinski definition) is 3. The highest BCUT2D eigenvalue weighted by Gasteiger charge is 2.30. The number of nitrogens with two attached hydrogens (primary N) is 1. The van der Waals surface area contributed by atoms with E-state index in [1.165, 1.54) is 0 Å². The molecule has 0 bridgehead atoms. The van der Waals surface area contributed by atoms with Gasteiger partial charge in [-0.2, -0.15) is 0 Å². The fourth-order valence-electron chi connectivity index (χ4n) is 2.68. The Kier molecular flexibility index (Phi) is 5.41. The van der Waals surface area contributed by atoms with Gasteiger partial charge in [0.05, 0.1) is 0 Å². The van der Waals surface area contributed by atoms with Crippen molar-refractivity contribution < 1.29 is 14.3 Å². The molecule has 1 aliphatic heterocycles.